The largest absolute Gasteiger partial charge is 0.466 e. The van der Waals surface area contributed by atoms with Crippen LogP contribution in [0, 0.1) is 0 Å². The minimum Gasteiger partial charge on any atom is -0.466 e. The molecule has 0 fully saturated rings. The van der Waals surface area contributed by atoms with Crippen molar-refractivity contribution in [1.82, 2.24) is 10.2 Å². The summed E-state index contributed by atoms with van der Waals surface area (Å²) in [5.74, 6) is -0.562. The Kier molecular flexibility index (Phi) is 7.76. The Morgan fingerprint density at radius 1 is 1.04 bits per heavy atom. The lowest BCUT2D eigenvalue weighted by molar-refractivity contribution is -0.143. The average Bonchev–Trinajstić information content (AvgIpc) is 2.66. The molecular formula is C20H22N2O3S. The fourth-order valence-corrected chi connectivity index (χ4v) is 2.60. The van der Waals surface area contributed by atoms with E-state index in [0.29, 0.717) is 25.3 Å². The van der Waals surface area contributed by atoms with Gasteiger partial charge >= 0.3 is 5.97 Å². The van der Waals surface area contributed by atoms with E-state index in [0.717, 1.165) is 5.56 Å². The Bertz CT molecular complexity index is 735. The zero-order chi connectivity index (χ0) is 18.8. The molecule has 0 atom stereocenters. The monoisotopic (exact) mass is 370 g/mol. The summed E-state index contributed by atoms with van der Waals surface area (Å²) >= 11 is 5.41. The molecule has 136 valence electrons. The third-order valence-corrected chi connectivity index (χ3v) is 4.01. The van der Waals surface area contributed by atoms with Crippen molar-refractivity contribution in [2.24, 2.45) is 0 Å². The lowest BCUT2D eigenvalue weighted by Gasteiger charge is -2.25. The summed E-state index contributed by atoms with van der Waals surface area (Å²) in [5.41, 5.74) is 1.56. The van der Waals surface area contributed by atoms with Gasteiger partial charge in [-0.25, -0.2) is 0 Å². The maximum absolute atomic E-state index is 12.3. The summed E-state index contributed by atoms with van der Waals surface area (Å²) in [5, 5.41) is 3.02. The molecule has 2 aromatic rings. The maximum Gasteiger partial charge on any atom is 0.307 e. The van der Waals surface area contributed by atoms with Crippen LogP contribution in [0.3, 0.4) is 0 Å². The van der Waals surface area contributed by atoms with Gasteiger partial charge in [-0.3, -0.25) is 14.9 Å². The smallest absolute Gasteiger partial charge is 0.307 e. The molecule has 0 radical (unpaired) electrons. The van der Waals surface area contributed by atoms with Gasteiger partial charge in [-0.1, -0.05) is 48.5 Å². The van der Waals surface area contributed by atoms with E-state index in [1.54, 1.807) is 36.1 Å². The van der Waals surface area contributed by atoms with Crippen LogP contribution in [0.2, 0.25) is 0 Å². The normalized spacial score (nSPS) is 10.0. The van der Waals surface area contributed by atoms with Crippen LogP contribution in [0.1, 0.15) is 29.3 Å². The van der Waals surface area contributed by atoms with Crippen LogP contribution in [0.4, 0.5) is 0 Å². The van der Waals surface area contributed by atoms with E-state index in [-0.39, 0.29) is 23.4 Å². The molecular weight excluding hydrogens is 348 g/mol. The summed E-state index contributed by atoms with van der Waals surface area (Å²) < 4.78 is 4.98. The van der Waals surface area contributed by atoms with E-state index in [9.17, 15) is 9.59 Å². The van der Waals surface area contributed by atoms with E-state index < -0.39 is 0 Å². The molecule has 0 saturated heterocycles. The minimum atomic E-state index is -0.289. The number of thiocarbonyl (C=S) groups is 1. The summed E-state index contributed by atoms with van der Waals surface area (Å²) in [6.07, 6.45) is 0.196. The van der Waals surface area contributed by atoms with Crippen LogP contribution in [-0.4, -0.2) is 35.0 Å². The van der Waals surface area contributed by atoms with E-state index in [2.05, 4.69) is 5.32 Å². The predicted octanol–water partition coefficient (Wildman–Crippen LogP) is 3.16. The fraction of sp³-hybridized carbons (Fsp3) is 0.250. The van der Waals surface area contributed by atoms with Gasteiger partial charge in [0.25, 0.3) is 5.91 Å². The lowest BCUT2D eigenvalue weighted by atomic mass is 10.2. The van der Waals surface area contributed by atoms with Crippen LogP contribution in [0.5, 0.6) is 0 Å². The molecule has 26 heavy (non-hydrogen) atoms. The highest BCUT2D eigenvalue weighted by atomic mass is 32.1. The number of esters is 1. The Morgan fingerprint density at radius 3 is 2.27 bits per heavy atom. The standard InChI is InChI=1S/C20H22N2O3S/c1-2-25-18(23)13-14-22(15-16-9-5-3-6-10-16)20(26)21-19(24)17-11-7-4-8-12-17/h3-12H,2,13-15H2,1H3,(H,21,24,26). The van der Waals surface area contributed by atoms with Gasteiger partial charge in [0, 0.05) is 18.7 Å². The molecule has 2 aromatic carbocycles. The highest BCUT2D eigenvalue weighted by molar-refractivity contribution is 7.80. The molecule has 0 aliphatic rings. The molecule has 6 heteroatoms. The van der Waals surface area contributed by atoms with E-state index >= 15 is 0 Å². The number of carbonyl (C=O) groups is 2. The first-order valence-electron chi connectivity index (χ1n) is 8.45. The maximum atomic E-state index is 12.3. The lowest BCUT2D eigenvalue weighted by Crippen LogP contribution is -2.43. The molecule has 0 aromatic heterocycles. The topological polar surface area (TPSA) is 58.6 Å². The van der Waals surface area contributed by atoms with Crippen molar-refractivity contribution in [3.8, 4) is 0 Å². The first kappa shape index (κ1) is 19.6. The molecule has 0 aliphatic carbocycles. The Hall–Kier alpha value is -2.73. The van der Waals surface area contributed by atoms with Crippen molar-refractivity contribution in [1.29, 1.82) is 0 Å². The molecule has 0 aliphatic heterocycles. The van der Waals surface area contributed by atoms with Crippen molar-refractivity contribution in [2.45, 2.75) is 19.9 Å². The molecule has 5 nitrogen and oxygen atoms in total. The average molecular weight is 370 g/mol. The van der Waals surface area contributed by atoms with Crippen LogP contribution in [0.15, 0.2) is 60.7 Å². The van der Waals surface area contributed by atoms with Crippen molar-refractivity contribution in [3.05, 3.63) is 71.8 Å². The zero-order valence-corrected chi connectivity index (χ0v) is 15.5. The second kappa shape index (κ2) is 10.3. The molecule has 1 amide bonds. The van der Waals surface area contributed by atoms with Gasteiger partial charge in [0.15, 0.2) is 5.11 Å². The van der Waals surface area contributed by atoms with Crippen molar-refractivity contribution < 1.29 is 14.3 Å². The van der Waals surface area contributed by atoms with Crippen LogP contribution < -0.4 is 5.32 Å². The Morgan fingerprint density at radius 2 is 1.65 bits per heavy atom. The molecule has 0 spiro atoms. The van der Waals surface area contributed by atoms with Gasteiger partial charge in [-0.2, -0.15) is 0 Å². The van der Waals surface area contributed by atoms with Crippen LogP contribution >= 0.6 is 12.2 Å². The van der Waals surface area contributed by atoms with Crippen LogP contribution in [0.25, 0.3) is 0 Å². The number of hydrogen-bond acceptors (Lipinski definition) is 4. The van der Waals surface area contributed by atoms with Gasteiger partial charge in [0.1, 0.15) is 0 Å². The number of amides is 1. The number of carbonyl (C=O) groups excluding carboxylic acids is 2. The summed E-state index contributed by atoms with van der Waals surface area (Å²) in [7, 11) is 0. The quantitative estimate of drug-likeness (QED) is 0.599. The Labute approximate surface area is 159 Å². The van der Waals surface area contributed by atoms with Crippen molar-refractivity contribution >= 4 is 29.2 Å². The number of rotatable bonds is 7. The third kappa shape index (κ3) is 6.29. The number of nitrogens with one attached hydrogen (secondary N) is 1. The highest BCUT2D eigenvalue weighted by Crippen LogP contribution is 2.07. The van der Waals surface area contributed by atoms with E-state index in [4.69, 9.17) is 17.0 Å². The number of ether oxygens (including phenoxy) is 1. The molecule has 0 saturated carbocycles. The van der Waals surface area contributed by atoms with Crippen molar-refractivity contribution in [2.75, 3.05) is 13.2 Å². The SMILES string of the molecule is CCOC(=O)CCN(Cc1ccccc1)C(=S)NC(=O)c1ccccc1. The van der Waals surface area contributed by atoms with Crippen molar-refractivity contribution in [3.63, 3.8) is 0 Å². The zero-order valence-electron chi connectivity index (χ0n) is 14.7. The molecule has 0 heterocycles. The van der Waals surface area contributed by atoms with Gasteiger partial charge in [-0.15, -0.1) is 0 Å². The minimum absolute atomic E-state index is 0.196. The highest BCUT2D eigenvalue weighted by Gasteiger charge is 2.16. The molecule has 2 rings (SSSR count). The fourth-order valence-electron chi connectivity index (χ4n) is 2.35. The van der Waals surface area contributed by atoms with Gasteiger partial charge in [0.05, 0.1) is 13.0 Å². The summed E-state index contributed by atoms with van der Waals surface area (Å²) in [4.78, 5) is 25.8. The number of benzene rings is 2. The van der Waals surface area contributed by atoms with Gasteiger partial charge in [-0.05, 0) is 36.8 Å². The first-order valence-corrected chi connectivity index (χ1v) is 8.86. The second-order valence-electron chi connectivity index (χ2n) is 5.59. The second-order valence-corrected chi connectivity index (χ2v) is 5.97. The number of nitrogens with zero attached hydrogens (tertiary/aromatic N) is 1. The summed E-state index contributed by atoms with van der Waals surface area (Å²) in [6, 6.07) is 18.6. The van der Waals surface area contributed by atoms with Gasteiger partial charge < -0.3 is 9.64 Å². The third-order valence-electron chi connectivity index (χ3n) is 3.65. The van der Waals surface area contributed by atoms with E-state index in [1.165, 1.54) is 0 Å². The molecule has 0 bridgehead atoms. The predicted molar refractivity (Wildman–Crippen MR) is 105 cm³/mol. The summed E-state index contributed by atoms with van der Waals surface area (Å²) in [6.45, 7) is 2.97. The first-order chi connectivity index (χ1) is 12.6. The Balaban J connectivity index is 2.04. The van der Waals surface area contributed by atoms with Crippen LogP contribution in [-0.2, 0) is 16.1 Å². The molecule has 1 N–H and O–H groups in total. The van der Waals surface area contributed by atoms with Gasteiger partial charge in [0.2, 0.25) is 0 Å². The van der Waals surface area contributed by atoms with E-state index in [1.807, 2.05) is 36.4 Å². The number of hydrogen-bond donors (Lipinski definition) is 1. The molecule has 0 unspecified atom stereocenters.